The van der Waals surface area contributed by atoms with E-state index in [0.717, 1.165) is 11.8 Å². The molecule has 1 aliphatic rings. The summed E-state index contributed by atoms with van der Waals surface area (Å²) in [4.78, 5) is 0. The molecule has 0 nitrogen and oxygen atoms in total. The van der Waals surface area contributed by atoms with Gasteiger partial charge in [0.2, 0.25) is 0 Å². The van der Waals surface area contributed by atoms with Crippen molar-refractivity contribution in [2.45, 2.75) is 53.9 Å². The molecule has 0 radical (unpaired) electrons. The fourth-order valence-electron chi connectivity index (χ4n) is 3.43. The molecular weight excluding hydrogens is 216 g/mol. The zero-order valence-electron chi connectivity index (χ0n) is 12.5. The van der Waals surface area contributed by atoms with Crippen LogP contribution < -0.4 is 0 Å². The Morgan fingerprint density at radius 1 is 1.11 bits per heavy atom. The second kappa shape index (κ2) is 5.30. The summed E-state index contributed by atoms with van der Waals surface area (Å²) in [5, 5.41) is 0. The first kappa shape index (κ1) is 13.4. The summed E-state index contributed by atoms with van der Waals surface area (Å²) >= 11 is 0. The highest BCUT2D eigenvalue weighted by atomic mass is 14.3. The zero-order valence-corrected chi connectivity index (χ0v) is 12.5. The molecule has 0 saturated carbocycles. The SMILES string of the molecule is CCC(CC)C1Cc2c(ccc(C)c2C)C=C1C. The lowest BCUT2D eigenvalue weighted by atomic mass is 9.73. The number of fused-ring (bicyclic) bond motifs is 1. The molecule has 0 N–H and O–H groups in total. The molecule has 1 aliphatic carbocycles. The van der Waals surface area contributed by atoms with Crippen LogP contribution in [-0.4, -0.2) is 0 Å². The van der Waals surface area contributed by atoms with Crippen molar-refractivity contribution in [1.82, 2.24) is 0 Å². The highest BCUT2D eigenvalue weighted by molar-refractivity contribution is 5.62. The number of hydrogen-bond acceptors (Lipinski definition) is 0. The number of hydrogen-bond donors (Lipinski definition) is 0. The Balaban J connectivity index is 2.41. The van der Waals surface area contributed by atoms with Crippen molar-refractivity contribution < 1.29 is 0 Å². The van der Waals surface area contributed by atoms with E-state index in [1.807, 2.05) is 0 Å². The summed E-state index contributed by atoms with van der Waals surface area (Å²) in [5.74, 6) is 1.60. The van der Waals surface area contributed by atoms with Gasteiger partial charge >= 0.3 is 0 Å². The smallest absolute Gasteiger partial charge is 0.0134 e. The van der Waals surface area contributed by atoms with E-state index < -0.39 is 0 Å². The first-order chi connectivity index (χ1) is 8.58. The Bertz CT molecular complexity index is 461. The van der Waals surface area contributed by atoms with Crippen molar-refractivity contribution in [2.24, 2.45) is 11.8 Å². The van der Waals surface area contributed by atoms with Gasteiger partial charge in [0.25, 0.3) is 0 Å². The molecule has 0 spiro atoms. The standard InChI is InChI=1S/C18H26/c1-6-15(7-2)17-11-18-14(5)12(3)8-9-16(18)10-13(17)4/h8-10,15,17H,6-7,11H2,1-5H3. The molecule has 0 heteroatoms. The minimum atomic E-state index is 0.757. The summed E-state index contributed by atoms with van der Waals surface area (Å²) in [6.07, 6.45) is 6.27. The van der Waals surface area contributed by atoms with E-state index in [4.69, 9.17) is 0 Å². The number of allylic oxidation sites excluding steroid dienone is 1. The highest BCUT2D eigenvalue weighted by Crippen LogP contribution is 2.37. The van der Waals surface area contributed by atoms with Gasteiger partial charge in [0.15, 0.2) is 0 Å². The highest BCUT2D eigenvalue weighted by Gasteiger charge is 2.25. The van der Waals surface area contributed by atoms with Crippen LogP contribution in [0.15, 0.2) is 17.7 Å². The third-order valence-electron chi connectivity index (χ3n) is 4.92. The normalized spacial score (nSPS) is 18.8. The van der Waals surface area contributed by atoms with Crippen LogP contribution in [0.3, 0.4) is 0 Å². The van der Waals surface area contributed by atoms with E-state index in [-0.39, 0.29) is 0 Å². The summed E-state index contributed by atoms with van der Waals surface area (Å²) in [7, 11) is 0. The molecule has 0 amide bonds. The third kappa shape index (κ3) is 2.25. The van der Waals surface area contributed by atoms with Crippen LogP contribution in [0.25, 0.3) is 6.08 Å². The second-order valence-corrected chi connectivity index (χ2v) is 5.85. The van der Waals surface area contributed by atoms with Gasteiger partial charge < -0.3 is 0 Å². The van der Waals surface area contributed by atoms with Gasteiger partial charge in [-0.05, 0) is 61.3 Å². The maximum Gasteiger partial charge on any atom is -0.0134 e. The minimum absolute atomic E-state index is 0.757. The molecule has 0 aromatic heterocycles. The van der Waals surface area contributed by atoms with Gasteiger partial charge in [-0.1, -0.05) is 50.5 Å². The summed E-state index contributed by atoms with van der Waals surface area (Å²) < 4.78 is 0. The minimum Gasteiger partial charge on any atom is -0.0690 e. The molecule has 98 valence electrons. The van der Waals surface area contributed by atoms with Crippen LogP contribution in [0.4, 0.5) is 0 Å². The van der Waals surface area contributed by atoms with E-state index >= 15 is 0 Å². The lowest BCUT2D eigenvalue weighted by Crippen LogP contribution is -2.21. The van der Waals surface area contributed by atoms with Crippen molar-refractivity contribution >= 4 is 6.08 Å². The van der Waals surface area contributed by atoms with Crippen LogP contribution in [0.2, 0.25) is 0 Å². The van der Waals surface area contributed by atoms with Crippen LogP contribution in [0.1, 0.15) is 55.9 Å². The molecule has 0 heterocycles. The molecule has 18 heavy (non-hydrogen) atoms. The van der Waals surface area contributed by atoms with Crippen LogP contribution in [-0.2, 0) is 6.42 Å². The number of aryl methyl sites for hydroxylation is 1. The molecule has 1 unspecified atom stereocenters. The van der Waals surface area contributed by atoms with Crippen molar-refractivity contribution in [3.63, 3.8) is 0 Å². The van der Waals surface area contributed by atoms with Crippen molar-refractivity contribution in [3.8, 4) is 0 Å². The van der Waals surface area contributed by atoms with Crippen molar-refractivity contribution in [2.75, 3.05) is 0 Å². The molecule has 2 rings (SSSR count). The quantitative estimate of drug-likeness (QED) is 0.673. The third-order valence-corrected chi connectivity index (χ3v) is 4.92. The molecule has 1 aromatic carbocycles. The van der Waals surface area contributed by atoms with Crippen molar-refractivity contribution in [1.29, 1.82) is 0 Å². The topological polar surface area (TPSA) is 0 Å². The number of benzene rings is 1. The van der Waals surface area contributed by atoms with E-state index in [0.29, 0.717) is 0 Å². The lowest BCUT2D eigenvalue weighted by molar-refractivity contribution is 0.351. The van der Waals surface area contributed by atoms with Gasteiger partial charge in [0.1, 0.15) is 0 Å². The van der Waals surface area contributed by atoms with Gasteiger partial charge in [-0.2, -0.15) is 0 Å². The van der Waals surface area contributed by atoms with Gasteiger partial charge in [-0.25, -0.2) is 0 Å². The lowest BCUT2D eigenvalue weighted by Gasteiger charge is -2.31. The maximum atomic E-state index is 2.42. The van der Waals surface area contributed by atoms with Gasteiger partial charge in [-0.3, -0.25) is 0 Å². The van der Waals surface area contributed by atoms with E-state index in [2.05, 4.69) is 52.8 Å². The summed E-state index contributed by atoms with van der Waals surface area (Å²) in [6, 6.07) is 4.56. The summed E-state index contributed by atoms with van der Waals surface area (Å²) in [6.45, 7) is 11.5. The fourth-order valence-corrected chi connectivity index (χ4v) is 3.43. The Labute approximate surface area is 112 Å². The van der Waals surface area contributed by atoms with Gasteiger partial charge in [-0.15, -0.1) is 0 Å². The Morgan fingerprint density at radius 2 is 1.78 bits per heavy atom. The summed E-state index contributed by atoms with van der Waals surface area (Å²) in [5.41, 5.74) is 7.58. The maximum absolute atomic E-state index is 2.42. The molecule has 0 aliphatic heterocycles. The Morgan fingerprint density at radius 3 is 2.39 bits per heavy atom. The monoisotopic (exact) mass is 242 g/mol. The van der Waals surface area contributed by atoms with Crippen molar-refractivity contribution in [3.05, 3.63) is 40.0 Å². The Hall–Kier alpha value is -1.04. The first-order valence-corrected chi connectivity index (χ1v) is 7.35. The molecule has 1 atom stereocenters. The van der Waals surface area contributed by atoms with E-state index in [9.17, 15) is 0 Å². The van der Waals surface area contributed by atoms with Gasteiger partial charge in [0, 0.05) is 0 Å². The van der Waals surface area contributed by atoms with E-state index in [1.165, 1.54) is 36.0 Å². The molecular formula is C18H26. The van der Waals surface area contributed by atoms with Gasteiger partial charge in [0.05, 0.1) is 0 Å². The first-order valence-electron chi connectivity index (χ1n) is 7.35. The molecule has 1 aromatic rings. The predicted octanol–water partition coefficient (Wildman–Crippen LogP) is 5.32. The fraction of sp³-hybridized carbons (Fsp3) is 0.556. The van der Waals surface area contributed by atoms with Crippen LogP contribution >= 0.6 is 0 Å². The van der Waals surface area contributed by atoms with Crippen LogP contribution in [0, 0.1) is 25.7 Å². The molecule has 0 bridgehead atoms. The Kier molecular flexibility index (Phi) is 3.94. The molecule has 0 fully saturated rings. The average molecular weight is 242 g/mol. The van der Waals surface area contributed by atoms with E-state index in [1.54, 1.807) is 11.1 Å². The van der Waals surface area contributed by atoms with Crippen LogP contribution in [0.5, 0.6) is 0 Å². The molecule has 0 saturated heterocycles. The largest absolute Gasteiger partial charge is 0.0690 e. The predicted molar refractivity (Wildman–Crippen MR) is 80.8 cm³/mol. The second-order valence-electron chi connectivity index (χ2n) is 5.85. The number of rotatable bonds is 3. The zero-order chi connectivity index (χ0) is 13.3. The average Bonchev–Trinajstić information content (AvgIpc) is 2.37.